The Morgan fingerprint density at radius 1 is 0.941 bits per heavy atom. The molecular formula is C28H32N4O2. The average Bonchev–Trinajstić information content (AvgIpc) is 3.53. The van der Waals surface area contributed by atoms with Gasteiger partial charge in [0.1, 0.15) is 11.6 Å². The zero-order chi connectivity index (χ0) is 23.1. The lowest BCUT2D eigenvalue weighted by molar-refractivity contribution is -0.172. The van der Waals surface area contributed by atoms with Crippen molar-refractivity contribution >= 4 is 22.7 Å². The Hall–Kier alpha value is -3.12. The van der Waals surface area contributed by atoms with Gasteiger partial charge in [0.2, 0.25) is 11.8 Å². The molecule has 3 aliphatic rings. The standard InChI is InChI=1S/C28H32N4O2/c33-26-25-11-6-15-31(25)27(34)28(13-17-30(18-14-28)20-21-7-2-1-3-8-21)32(26)16-12-22-19-29-24-10-5-4-9-23(22)24/h1-5,7-10,19,25,29H,6,11-18,20H2. The first-order chi connectivity index (χ1) is 16.7. The van der Waals surface area contributed by atoms with Crippen LogP contribution in [-0.4, -0.2) is 69.3 Å². The van der Waals surface area contributed by atoms with Crippen molar-refractivity contribution in [3.05, 3.63) is 71.9 Å². The topological polar surface area (TPSA) is 59.7 Å². The summed E-state index contributed by atoms with van der Waals surface area (Å²) >= 11 is 0. The number of fused-ring (bicyclic) bond motifs is 2. The summed E-state index contributed by atoms with van der Waals surface area (Å²) < 4.78 is 0. The number of piperidine rings is 1. The smallest absolute Gasteiger partial charge is 0.249 e. The summed E-state index contributed by atoms with van der Waals surface area (Å²) in [6, 6.07) is 18.5. The molecule has 176 valence electrons. The molecule has 0 aliphatic carbocycles. The van der Waals surface area contributed by atoms with Crippen LogP contribution in [-0.2, 0) is 22.6 Å². The fraction of sp³-hybridized carbons (Fsp3) is 0.429. The summed E-state index contributed by atoms with van der Waals surface area (Å²) in [5.74, 6) is 0.348. The van der Waals surface area contributed by atoms with Crippen LogP contribution in [0.4, 0.5) is 0 Å². The molecule has 34 heavy (non-hydrogen) atoms. The number of piperazine rings is 1. The van der Waals surface area contributed by atoms with Gasteiger partial charge in [-0.1, -0.05) is 48.5 Å². The van der Waals surface area contributed by atoms with Gasteiger partial charge in [-0.05, 0) is 49.3 Å². The Morgan fingerprint density at radius 3 is 2.53 bits per heavy atom. The number of aromatic nitrogens is 1. The minimum atomic E-state index is -0.697. The number of aromatic amines is 1. The van der Waals surface area contributed by atoms with Gasteiger partial charge < -0.3 is 14.8 Å². The number of nitrogens with one attached hydrogen (secondary N) is 1. The van der Waals surface area contributed by atoms with Gasteiger partial charge in [-0.2, -0.15) is 0 Å². The highest BCUT2D eigenvalue weighted by Crippen LogP contribution is 2.39. The summed E-state index contributed by atoms with van der Waals surface area (Å²) in [6.45, 7) is 3.86. The van der Waals surface area contributed by atoms with E-state index in [1.807, 2.05) is 21.9 Å². The van der Waals surface area contributed by atoms with Crippen molar-refractivity contribution in [3.63, 3.8) is 0 Å². The maximum atomic E-state index is 13.9. The number of rotatable bonds is 5. The second-order valence-electron chi connectivity index (χ2n) is 10.0. The molecule has 1 aromatic heterocycles. The monoisotopic (exact) mass is 456 g/mol. The largest absolute Gasteiger partial charge is 0.361 e. The van der Waals surface area contributed by atoms with Gasteiger partial charge >= 0.3 is 0 Å². The first kappa shape index (κ1) is 21.4. The average molecular weight is 457 g/mol. The van der Waals surface area contributed by atoms with Gasteiger partial charge in [-0.25, -0.2) is 0 Å². The van der Waals surface area contributed by atoms with Crippen LogP contribution in [0.5, 0.6) is 0 Å². The Kier molecular flexibility index (Phi) is 5.41. The van der Waals surface area contributed by atoms with Crippen LogP contribution < -0.4 is 0 Å². The van der Waals surface area contributed by atoms with Gasteiger partial charge in [0.25, 0.3) is 0 Å². The summed E-state index contributed by atoms with van der Waals surface area (Å²) in [7, 11) is 0. The minimum absolute atomic E-state index is 0.161. The third-order valence-corrected chi connectivity index (χ3v) is 8.19. The van der Waals surface area contributed by atoms with Crippen LogP contribution in [0, 0.1) is 0 Å². The molecule has 1 spiro atoms. The molecule has 3 aromatic rings. The first-order valence-corrected chi connectivity index (χ1v) is 12.6. The quantitative estimate of drug-likeness (QED) is 0.639. The van der Waals surface area contributed by atoms with Gasteiger partial charge in [0.05, 0.1) is 0 Å². The van der Waals surface area contributed by atoms with E-state index in [1.165, 1.54) is 16.5 Å². The number of amides is 2. The molecule has 0 bridgehead atoms. The summed E-state index contributed by atoms with van der Waals surface area (Å²) in [5.41, 5.74) is 2.92. The Bertz CT molecular complexity index is 1200. The molecule has 1 atom stereocenters. The Morgan fingerprint density at radius 2 is 1.71 bits per heavy atom. The fourth-order valence-corrected chi connectivity index (χ4v) is 6.34. The molecule has 1 N–H and O–H groups in total. The third kappa shape index (κ3) is 3.52. The molecule has 0 radical (unpaired) electrons. The zero-order valence-corrected chi connectivity index (χ0v) is 19.6. The number of benzene rings is 2. The number of hydrogen-bond acceptors (Lipinski definition) is 3. The van der Waals surface area contributed by atoms with Crippen molar-refractivity contribution in [1.82, 2.24) is 19.7 Å². The second-order valence-corrected chi connectivity index (χ2v) is 10.0. The predicted octanol–water partition coefficient (Wildman–Crippen LogP) is 3.58. The van der Waals surface area contributed by atoms with E-state index in [1.54, 1.807) is 0 Å². The van der Waals surface area contributed by atoms with Crippen LogP contribution in [0.1, 0.15) is 36.8 Å². The molecule has 2 amide bonds. The number of carbonyl (C=O) groups is 2. The van der Waals surface area contributed by atoms with Crippen molar-refractivity contribution in [2.75, 3.05) is 26.2 Å². The molecule has 3 aliphatic heterocycles. The van der Waals surface area contributed by atoms with Crippen LogP contribution in [0.2, 0.25) is 0 Å². The van der Waals surface area contributed by atoms with E-state index in [0.717, 1.165) is 51.0 Å². The lowest BCUT2D eigenvalue weighted by Crippen LogP contribution is -2.72. The number of nitrogens with zero attached hydrogens (tertiary/aromatic N) is 3. The molecule has 1 unspecified atom stereocenters. The van der Waals surface area contributed by atoms with Crippen molar-refractivity contribution < 1.29 is 9.59 Å². The first-order valence-electron chi connectivity index (χ1n) is 12.6. The number of para-hydroxylation sites is 1. The van der Waals surface area contributed by atoms with Crippen LogP contribution in [0.15, 0.2) is 60.8 Å². The van der Waals surface area contributed by atoms with Crippen molar-refractivity contribution in [2.24, 2.45) is 0 Å². The molecule has 6 rings (SSSR count). The minimum Gasteiger partial charge on any atom is -0.361 e. The van der Waals surface area contributed by atoms with Gasteiger partial charge in [0.15, 0.2) is 0 Å². The van der Waals surface area contributed by atoms with E-state index in [4.69, 9.17) is 0 Å². The maximum Gasteiger partial charge on any atom is 0.249 e. The highest BCUT2D eigenvalue weighted by atomic mass is 16.2. The summed E-state index contributed by atoms with van der Waals surface area (Å²) in [6.07, 6.45) is 5.95. The SMILES string of the molecule is O=C1C2CCCN2C(=O)C2(CCN(Cc3ccccc3)CC2)N1CCc1c[nH]c2ccccc12. The summed E-state index contributed by atoms with van der Waals surface area (Å²) in [5, 5.41) is 1.20. The Labute approximate surface area is 200 Å². The highest BCUT2D eigenvalue weighted by Gasteiger charge is 2.57. The van der Waals surface area contributed by atoms with Crippen molar-refractivity contribution in [2.45, 2.75) is 50.2 Å². The number of hydrogen-bond donors (Lipinski definition) is 1. The fourth-order valence-electron chi connectivity index (χ4n) is 6.34. The lowest BCUT2D eigenvalue weighted by Gasteiger charge is -2.53. The van der Waals surface area contributed by atoms with Crippen LogP contribution in [0.3, 0.4) is 0 Å². The van der Waals surface area contributed by atoms with E-state index in [-0.39, 0.29) is 17.9 Å². The lowest BCUT2D eigenvalue weighted by atomic mass is 9.80. The van der Waals surface area contributed by atoms with E-state index in [0.29, 0.717) is 19.4 Å². The molecule has 3 saturated heterocycles. The normalized spacial score (nSPS) is 22.6. The number of likely N-dealkylation sites (tertiary alicyclic amines) is 1. The Balaban J connectivity index is 1.24. The molecule has 4 heterocycles. The zero-order valence-electron chi connectivity index (χ0n) is 19.6. The summed E-state index contributed by atoms with van der Waals surface area (Å²) in [4.78, 5) is 37.3. The predicted molar refractivity (Wildman–Crippen MR) is 132 cm³/mol. The van der Waals surface area contributed by atoms with Crippen molar-refractivity contribution in [1.29, 1.82) is 0 Å². The van der Waals surface area contributed by atoms with Crippen LogP contribution in [0.25, 0.3) is 10.9 Å². The molecule has 3 fully saturated rings. The van der Waals surface area contributed by atoms with Gasteiger partial charge in [0, 0.05) is 49.8 Å². The van der Waals surface area contributed by atoms with E-state index >= 15 is 0 Å². The van der Waals surface area contributed by atoms with Crippen molar-refractivity contribution in [3.8, 4) is 0 Å². The number of H-pyrrole nitrogens is 1. The molecule has 2 aromatic carbocycles. The highest BCUT2D eigenvalue weighted by molar-refractivity contribution is 6.00. The van der Waals surface area contributed by atoms with E-state index < -0.39 is 5.54 Å². The third-order valence-electron chi connectivity index (χ3n) is 8.19. The molecule has 6 heteroatoms. The molecular weight excluding hydrogens is 424 g/mol. The van der Waals surface area contributed by atoms with Crippen LogP contribution >= 0.6 is 0 Å². The van der Waals surface area contributed by atoms with E-state index in [2.05, 4.69) is 58.5 Å². The van der Waals surface area contributed by atoms with E-state index in [9.17, 15) is 9.59 Å². The van der Waals surface area contributed by atoms with Gasteiger partial charge in [-0.3, -0.25) is 14.5 Å². The number of carbonyl (C=O) groups excluding carboxylic acids is 2. The molecule has 6 nitrogen and oxygen atoms in total. The van der Waals surface area contributed by atoms with Gasteiger partial charge in [-0.15, -0.1) is 0 Å². The molecule has 0 saturated carbocycles. The maximum absolute atomic E-state index is 13.9. The second kappa shape index (κ2) is 8.58.